The Morgan fingerprint density at radius 3 is 2.35 bits per heavy atom. The van der Waals surface area contributed by atoms with E-state index in [1.165, 1.54) is 18.2 Å². The standard InChI is InChI=1S/C15H13ClO3S/c1-3-12-4-7-14(8-5-12)20(17,18)19-13-6-9-15(16)11(2)10-13/h3-10H,1H2,2H3. The summed E-state index contributed by atoms with van der Waals surface area (Å²) in [6.45, 7) is 5.39. The normalized spacial score (nSPS) is 11.1. The summed E-state index contributed by atoms with van der Waals surface area (Å²) in [7, 11) is -3.85. The average Bonchev–Trinajstić information content (AvgIpc) is 2.43. The van der Waals surface area contributed by atoms with Gasteiger partial charge in [-0.2, -0.15) is 8.42 Å². The van der Waals surface area contributed by atoms with Crippen LogP contribution in [0.15, 0.2) is 53.9 Å². The van der Waals surface area contributed by atoms with Crippen molar-refractivity contribution in [2.24, 2.45) is 0 Å². The molecule has 0 amide bonds. The minimum absolute atomic E-state index is 0.0932. The predicted octanol–water partition coefficient (Wildman–Crippen LogP) is 4.06. The van der Waals surface area contributed by atoms with Gasteiger partial charge in [-0.25, -0.2) is 0 Å². The van der Waals surface area contributed by atoms with Gasteiger partial charge in [-0.1, -0.05) is 36.4 Å². The zero-order chi connectivity index (χ0) is 14.8. The van der Waals surface area contributed by atoms with E-state index in [0.29, 0.717) is 5.02 Å². The van der Waals surface area contributed by atoms with Gasteiger partial charge >= 0.3 is 10.1 Å². The highest BCUT2D eigenvalue weighted by Crippen LogP contribution is 2.24. The molecule has 0 spiro atoms. The van der Waals surface area contributed by atoms with Crippen LogP contribution in [0.25, 0.3) is 6.08 Å². The first-order valence-corrected chi connectivity index (χ1v) is 7.64. The van der Waals surface area contributed by atoms with Gasteiger partial charge < -0.3 is 4.18 Å². The third kappa shape index (κ3) is 3.21. The maximum Gasteiger partial charge on any atom is 0.339 e. The summed E-state index contributed by atoms with van der Waals surface area (Å²) < 4.78 is 29.3. The Labute approximate surface area is 123 Å². The van der Waals surface area contributed by atoms with Crippen LogP contribution < -0.4 is 4.18 Å². The molecule has 0 radical (unpaired) electrons. The lowest BCUT2D eigenvalue weighted by Crippen LogP contribution is -2.09. The Morgan fingerprint density at radius 2 is 1.80 bits per heavy atom. The summed E-state index contributed by atoms with van der Waals surface area (Å²) >= 11 is 5.89. The molecular weight excluding hydrogens is 296 g/mol. The number of aryl methyl sites for hydroxylation is 1. The second-order valence-corrected chi connectivity index (χ2v) is 6.18. The van der Waals surface area contributed by atoms with E-state index >= 15 is 0 Å². The predicted molar refractivity (Wildman–Crippen MR) is 80.5 cm³/mol. The van der Waals surface area contributed by atoms with Crippen molar-refractivity contribution >= 4 is 27.8 Å². The second-order valence-electron chi connectivity index (χ2n) is 4.22. The number of hydrogen-bond acceptors (Lipinski definition) is 3. The Balaban J connectivity index is 2.29. The van der Waals surface area contributed by atoms with Crippen LogP contribution in [0.5, 0.6) is 5.75 Å². The summed E-state index contributed by atoms with van der Waals surface area (Å²) in [6.07, 6.45) is 1.64. The SMILES string of the molecule is C=Cc1ccc(S(=O)(=O)Oc2ccc(Cl)c(C)c2)cc1. The number of halogens is 1. The van der Waals surface area contributed by atoms with E-state index in [1.807, 2.05) is 0 Å². The first kappa shape index (κ1) is 14.6. The van der Waals surface area contributed by atoms with E-state index in [4.69, 9.17) is 15.8 Å². The molecule has 2 rings (SSSR count). The molecule has 0 atom stereocenters. The van der Waals surface area contributed by atoms with Crippen LogP contribution in [-0.4, -0.2) is 8.42 Å². The van der Waals surface area contributed by atoms with Crippen LogP contribution in [0, 0.1) is 6.92 Å². The Bertz CT molecular complexity index is 734. The van der Waals surface area contributed by atoms with E-state index in [2.05, 4.69) is 6.58 Å². The van der Waals surface area contributed by atoms with Crippen LogP contribution in [0.2, 0.25) is 5.02 Å². The second kappa shape index (κ2) is 5.69. The molecule has 0 aromatic heterocycles. The van der Waals surface area contributed by atoms with E-state index in [1.54, 1.807) is 37.3 Å². The van der Waals surface area contributed by atoms with Crippen LogP contribution in [0.3, 0.4) is 0 Å². The fourth-order valence-electron chi connectivity index (χ4n) is 1.61. The van der Waals surface area contributed by atoms with Crippen molar-refractivity contribution in [3.63, 3.8) is 0 Å². The van der Waals surface area contributed by atoms with Crippen molar-refractivity contribution in [3.05, 3.63) is 65.2 Å². The van der Waals surface area contributed by atoms with E-state index in [0.717, 1.165) is 11.1 Å². The van der Waals surface area contributed by atoms with E-state index in [9.17, 15) is 8.42 Å². The maximum absolute atomic E-state index is 12.1. The Hall–Kier alpha value is -1.78. The lowest BCUT2D eigenvalue weighted by atomic mass is 10.2. The zero-order valence-electron chi connectivity index (χ0n) is 10.8. The largest absolute Gasteiger partial charge is 0.379 e. The van der Waals surface area contributed by atoms with Crippen LogP contribution in [-0.2, 0) is 10.1 Å². The molecule has 20 heavy (non-hydrogen) atoms. The number of benzene rings is 2. The molecule has 0 saturated heterocycles. The quantitative estimate of drug-likeness (QED) is 0.800. The number of hydrogen-bond donors (Lipinski definition) is 0. The van der Waals surface area contributed by atoms with Crippen LogP contribution >= 0.6 is 11.6 Å². The fourth-order valence-corrected chi connectivity index (χ4v) is 2.65. The van der Waals surface area contributed by atoms with Gasteiger partial charge in [0.15, 0.2) is 0 Å². The van der Waals surface area contributed by atoms with Crippen molar-refractivity contribution < 1.29 is 12.6 Å². The Morgan fingerprint density at radius 1 is 1.15 bits per heavy atom. The van der Waals surface area contributed by atoms with Crippen molar-refractivity contribution in [1.29, 1.82) is 0 Å². The van der Waals surface area contributed by atoms with E-state index in [-0.39, 0.29) is 10.6 Å². The van der Waals surface area contributed by atoms with Crippen molar-refractivity contribution in [1.82, 2.24) is 0 Å². The monoisotopic (exact) mass is 308 g/mol. The van der Waals surface area contributed by atoms with Gasteiger partial charge in [0, 0.05) is 5.02 Å². The molecular formula is C15H13ClO3S. The van der Waals surface area contributed by atoms with Crippen molar-refractivity contribution in [2.45, 2.75) is 11.8 Å². The van der Waals surface area contributed by atoms with Gasteiger partial charge in [-0.15, -0.1) is 0 Å². The van der Waals surface area contributed by atoms with Gasteiger partial charge in [0.1, 0.15) is 10.6 Å². The molecule has 0 aliphatic heterocycles. The molecule has 2 aromatic carbocycles. The maximum atomic E-state index is 12.1. The minimum atomic E-state index is -3.85. The third-order valence-electron chi connectivity index (χ3n) is 2.74. The first-order valence-electron chi connectivity index (χ1n) is 5.85. The summed E-state index contributed by atoms with van der Waals surface area (Å²) in [5, 5.41) is 0.560. The molecule has 0 fully saturated rings. The molecule has 5 heteroatoms. The Kier molecular flexibility index (Phi) is 4.16. The summed E-state index contributed by atoms with van der Waals surface area (Å²) in [6, 6.07) is 11.0. The smallest absolute Gasteiger partial charge is 0.339 e. The molecule has 104 valence electrons. The minimum Gasteiger partial charge on any atom is -0.379 e. The topological polar surface area (TPSA) is 43.4 Å². The van der Waals surface area contributed by atoms with Crippen LogP contribution in [0.1, 0.15) is 11.1 Å². The first-order chi connectivity index (χ1) is 9.42. The molecule has 0 heterocycles. The lowest BCUT2D eigenvalue weighted by Gasteiger charge is -2.08. The van der Waals surface area contributed by atoms with Crippen LogP contribution in [0.4, 0.5) is 0 Å². The molecule has 0 aliphatic carbocycles. The highest BCUT2D eigenvalue weighted by atomic mass is 35.5. The molecule has 0 saturated carbocycles. The third-order valence-corrected chi connectivity index (χ3v) is 4.43. The molecule has 0 aliphatic rings. The summed E-state index contributed by atoms with van der Waals surface area (Å²) in [5.41, 5.74) is 1.59. The van der Waals surface area contributed by atoms with Crippen molar-refractivity contribution in [3.8, 4) is 5.75 Å². The number of rotatable bonds is 4. The zero-order valence-corrected chi connectivity index (χ0v) is 12.4. The highest BCUT2D eigenvalue weighted by Gasteiger charge is 2.16. The van der Waals surface area contributed by atoms with Gasteiger partial charge in [-0.05, 0) is 48.4 Å². The molecule has 0 unspecified atom stereocenters. The molecule has 0 N–H and O–H groups in total. The molecule has 3 nitrogen and oxygen atoms in total. The van der Waals surface area contributed by atoms with Gasteiger partial charge in [-0.3, -0.25) is 0 Å². The molecule has 2 aromatic rings. The average molecular weight is 309 g/mol. The fraction of sp³-hybridized carbons (Fsp3) is 0.0667. The van der Waals surface area contributed by atoms with E-state index < -0.39 is 10.1 Å². The summed E-state index contributed by atoms with van der Waals surface area (Å²) in [4.78, 5) is 0.0932. The highest BCUT2D eigenvalue weighted by molar-refractivity contribution is 7.87. The van der Waals surface area contributed by atoms with Crippen molar-refractivity contribution in [2.75, 3.05) is 0 Å². The van der Waals surface area contributed by atoms with Gasteiger partial charge in [0.05, 0.1) is 0 Å². The lowest BCUT2D eigenvalue weighted by molar-refractivity contribution is 0.486. The molecule has 0 bridgehead atoms. The van der Waals surface area contributed by atoms with Gasteiger partial charge in [0.25, 0.3) is 0 Å². The summed E-state index contributed by atoms with van der Waals surface area (Å²) in [5.74, 6) is 0.236. The van der Waals surface area contributed by atoms with Gasteiger partial charge in [0.2, 0.25) is 0 Å².